The summed E-state index contributed by atoms with van der Waals surface area (Å²) in [4.78, 5) is 13.1. The molecule has 1 aliphatic rings. The number of rotatable bonds is 7. The van der Waals surface area contributed by atoms with E-state index in [4.69, 9.17) is 9.72 Å². The Bertz CT molecular complexity index is 967. The van der Waals surface area contributed by atoms with E-state index in [0.29, 0.717) is 6.04 Å². The number of aliphatic hydroxyl groups is 1. The van der Waals surface area contributed by atoms with Gasteiger partial charge in [0.15, 0.2) is 0 Å². The van der Waals surface area contributed by atoms with Crippen LogP contribution in [0.25, 0.3) is 11.0 Å². The molecule has 6 heteroatoms. The lowest BCUT2D eigenvalue weighted by Gasteiger charge is -2.41. The fourth-order valence-electron chi connectivity index (χ4n) is 4.49. The summed E-state index contributed by atoms with van der Waals surface area (Å²) in [6.45, 7) is 9.12. The maximum Gasteiger partial charge on any atom is 0.122 e. The number of piperazine rings is 1. The number of hydrogen-bond donors (Lipinski definition) is 2. The standard InChI is InChI=1S/C24H32N4O2/c1-17-18(2)23(30-3)9-8-19(17)14-28-12-11-27(15-20(28)10-13-29)16-24-25-21-6-4-5-7-22(21)26-24/h4-9,20,29H,10-16H2,1-3H3,(H,25,26). The van der Waals surface area contributed by atoms with Crippen molar-refractivity contribution in [3.8, 4) is 5.75 Å². The van der Waals surface area contributed by atoms with Gasteiger partial charge in [-0.2, -0.15) is 0 Å². The molecular weight excluding hydrogens is 376 g/mol. The molecule has 160 valence electrons. The first-order valence-corrected chi connectivity index (χ1v) is 10.7. The average Bonchev–Trinajstić information content (AvgIpc) is 3.16. The Labute approximate surface area is 178 Å². The number of aromatic nitrogens is 2. The lowest BCUT2D eigenvalue weighted by molar-refractivity contribution is 0.0488. The zero-order valence-corrected chi connectivity index (χ0v) is 18.2. The molecule has 4 rings (SSSR count). The van der Waals surface area contributed by atoms with Crippen LogP contribution in [0.2, 0.25) is 0 Å². The molecule has 1 aromatic heterocycles. The third kappa shape index (κ3) is 4.36. The Kier molecular flexibility index (Phi) is 6.37. The van der Waals surface area contributed by atoms with Gasteiger partial charge in [0.25, 0.3) is 0 Å². The van der Waals surface area contributed by atoms with E-state index < -0.39 is 0 Å². The van der Waals surface area contributed by atoms with Crippen LogP contribution in [0.15, 0.2) is 36.4 Å². The smallest absolute Gasteiger partial charge is 0.122 e. The first kappa shape index (κ1) is 20.8. The van der Waals surface area contributed by atoms with Crippen LogP contribution >= 0.6 is 0 Å². The van der Waals surface area contributed by atoms with E-state index in [1.54, 1.807) is 7.11 Å². The molecule has 1 atom stereocenters. The van der Waals surface area contributed by atoms with E-state index in [0.717, 1.165) is 61.8 Å². The number of fused-ring (bicyclic) bond motifs is 1. The van der Waals surface area contributed by atoms with Crippen LogP contribution in [0.3, 0.4) is 0 Å². The van der Waals surface area contributed by atoms with Gasteiger partial charge in [0.1, 0.15) is 11.6 Å². The summed E-state index contributed by atoms with van der Waals surface area (Å²) < 4.78 is 5.46. The number of ether oxygens (including phenoxy) is 1. The monoisotopic (exact) mass is 408 g/mol. The maximum atomic E-state index is 9.66. The number of nitrogens with zero attached hydrogens (tertiary/aromatic N) is 3. The Hall–Kier alpha value is -2.41. The number of aromatic amines is 1. The summed E-state index contributed by atoms with van der Waals surface area (Å²) in [5.74, 6) is 1.95. The SMILES string of the molecule is COc1ccc(CN2CCN(Cc3nc4ccccc4[nH]3)CC2CCO)c(C)c1C. The highest BCUT2D eigenvalue weighted by Crippen LogP contribution is 2.26. The van der Waals surface area contributed by atoms with Crippen LogP contribution in [0, 0.1) is 13.8 Å². The quantitative estimate of drug-likeness (QED) is 0.628. The first-order chi connectivity index (χ1) is 14.6. The second kappa shape index (κ2) is 9.16. The number of para-hydroxylation sites is 2. The summed E-state index contributed by atoms with van der Waals surface area (Å²) in [7, 11) is 1.72. The van der Waals surface area contributed by atoms with Gasteiger partial charge >= 0.3 is 0 Å². The first-order valence-electron chi connectivity index (χ1n) is 10.7. The van der Waals surface area contributed by atoms with Crippen molar-refractivity contribution in [3.63, 3.8) is 0 Å². The van der Waals surface area contributed by atoms with Crippen LogP contribution in [0.5, 0.6) is 5.75 Å². The minimum Gasteiger partial charge on any atom is -0.496 e. The third-order valence-electron chi connectivity index (χ3n) is 6.41. The predicted octanol–water partition coefficient (Wildman–Crippen LogP) is 3.26. The molecule has 1 saturated heterocycles. The molecule has 6 nitrogen and oxygen atoms in total. The Morgan fingerprint density at radius 3 is 2.70 bits per heavy atom. The second-order valence-electron chi connectivity index (χ2n) is 8.25. The topological polar surface area (TPSA) is 64.6 Å². The molecular formula is C24H32N4O2. The summed E-state index contributed by atoms with van der Waals surface area (Å²) in [5, 5.41) is 9.66. The van der Waals surface area contributed by atoms with Crippen molar-refractivity contribution in [3.05, 3.63) is 58.9 Å². The fourth-order valence-corrected chi connectivity index (χ4v) is 4.49. The van der Waals surface area contributed by atoms with Gasteiger partial charge in [-0.15, -0.1) is 0 Å². The molecule has 2 heterocycles. The van der Waals surface area contributed by atoms with Crippen LogP contribution in [0.1, 0.15) is 28.9 Å². The number of hydrogen-bond acceptors (Lipinski definition) is 5. The van der Waals surface area contributed by atoms with Crippen molar-refractivity contribution in [1.82, 2.24) is 19.8 Å². The lowest BCUT2D eigenvalue weighted by Crippen LogP contribution is -2.52. The van der Waals surface area contributed by atoms with Crippen molar-refractivity contribution in [1.29, 1.82) is 0 Å². The van der Waals surface area contributed by atoms with Crippen LogP contribution in [-0.2, 0) is 13.1 Å². The molecule has 3 aromatic rings. The Morgan fingerprint density at radius 2 is 1.93 bits per heavy atom. The van der Waals surface area contributed by atoms with E-state index in [9.17, 15) is 5.11 Å². The van der Waals surface area contributed by atoms with Crippen molar-refractivity contribution in [2.45, 2.75) is 39.4 Å². The van der Waals surface area contributed by atoms with E-state index in [1.165, 1.54) is 16.7 Å². The van der Waals surface area contributed by atoms with Gasteiger partial charge in [-0.05, 0) is 55.2 Å². The predicted molar refractivity (Wildman–Crippen MR) is 120 cm³/mol. The normalized spacial score (nSPS) is 18.2. The third-order valence-corrected chi connectivity index (χ3v) is 6.41. The van der Waals surface area contributed by atoms with E-state index in [-0.39, 0.29) is 6.61 Å². The van der Waals surface area contributed by atoms with Gasteiger partial charge in [0, 0.05) is 38.8 Å². The number of H-pyrrole nitrogens is 1. The van der Waals surface area contributed by atoms with E-state index in [1.807, 2.05) is 18.2 Å². The van der Waals surface area contributed by atoms with Gasteiger partial charge in [0.2, 0.25) is 0 Å². The van der Waals surface area contributed by atoms with Gasteiger partial charge in [-0.3, -0.25) is 9.80 Å². The average molecular weight is 409 g/mol. The number of benzene rings is 2. The summed E-state index contributed by atoms with van der Waals surface area (Å²) in [5.41, 5.74) is 5.94. The number of nitrogens with one attached hydrogen (secondary N) is 1. The molecule has 0 aliphatic carbocycles. The summed E-state index contributed by atoms with van der Waals surface area (Å²) in [6, 6.07) is 12.7. The molecule has 0 radical (unpaired) electrons. The summed E-state index contributed by atoms with van der Waals surface area (Å²) >= 11 is 0. The molecule has 2 N–H and O–H groups in total. The van der Waals surface area contributed by atoms with Gasteiger partial charge < -0.3 is 14.8 Å². The van der Waals surface area contributed by atoms with Gasteiger partial charge in [-0.25, -0.2) is 4.98 Å². The number of imidazole rings is 1. The highest BCUT2D eigenvalue weighted by molar-refractivity contribution is 5.74. The van der Waals surface area contributed by atoms with Crippen molar-refractivity contribution in [2.75, 3.05) is 33.4 Å². The number of aliphatic hydroxyl groups excluding tert-OH is 1. The molecule has 30 heavy (non-hydrogen) atoms. The lowest BCUT2D eigenvalue weighted by atomic mass is 10.00. The minimum atomic E-state index is 0.209. The van der Waals surface area contributed by atoms with Gasteiger partial charge in [-0.1, -0.05) is 18.2 Å². The van der Waals surface area contributed by atoms with Crippen LogP contribution < -0.4 is 4.74 Å². The zero-order chi connectivity index (χ0) is 21.1. The Balaban J connectivity index is 1.44. The van der Waals surface area contributed by atoms with E-state index in [2.05, 4.69) is 46.8 Å². The van der Waals surface area contributed by atoms with Crippen LogP contribution in [-0.4, -0.2) is 64.3 Å². The molecule has 0 amide bonds. The highest BCUT2D eigenvalue weighted by atomic mass is 16.5. The number of methoxy groups -OCH3 is 1. The second-order valence-corrected chi connectivity index (χ2v) is 8.25. The molecule has 2 aromatic carbocycles. The molecule has 1 fully saturated rings. The highest BCUT2D eigenvalue weighted by Gasteiger charge is 2.27. The van der Waals surface area contributed by atoms with Crippen molar-refractivity contribution >= 4 is 11.0 Å². The van der Waals surface area contributed by atoms with Crippen molar-refractivity contribution in [2.24, 2.45) is 0 Å². The largest absolute Gasteiger partial charge is 0.496 e. The fraction of sp³-hybridized carbons (Fsp3) is 0.458. The molecule has 1 unspecified atom stereocenters. The van der Waals surface area contributed by atoms with Crippen molar-refractivity contribution < 1.29 is 9.84 Å². The molecule has 0 bridgehead atoms. The van der Waals surface area contributed by atoms with Crippen LogP contribution in [0.4, 0.5) is 0 Å². The maximum absolute atomic E-state index is 9.66. The molecule has 0 saturated carbocycles. The summed E-state index contributed by atoms with van der Waals surface area (Å²) in [6.07, 6.45) is 0.783. The minimum absolute atomic E-state index is 0.209. The zero-order valence-electron chi connectivity index (χ0n) is 18.2. The Morgan fingerprint density at radius 1 is 1.10 bits per heavy atom. The molecule has 0 spiro atoms. The molecule has 1 aliphatic heterocycles. The van der Waals surface area contributed by atoms with Gasteiger partial charge in [0.05, 0.1) is 24.7 Å². The van der Waals surface area contributed by atoms with E-state index >= 15 is 0 Å².